The van der Waals surface area contributed by atoms with Gasteiger partial charge in [0.05, 0.1) is 10.6 Å². The quantitative estimate of drug-likeness (QED) is 0.643. The van der Waals surface area contributed by atoms with Crippen molar-refractivity contribution in [1.82, 2.24) is 10.2 Å². The molecule has 0 aliphatic carbocycles. The van der Waals surface area contributed by atoms with E-state index in [0.717, 1.165) is 5.56 Å². The van der Waals surface area contributed by atoms with Crippen LogP contribution >= 0.6 is 35.4 Å². The Morgan fingerprint density at radius 2 is 1.91 bits per heavy atom. The zero-order valence-corrected chi connectivity index (χ0v) is 13.8. The van der Waals surface area contributed by atoms with E-state index in [2.05, 4.69) is 15.5 Å². The van der Waals surface area contributed by atoms with E-state index < -0.39 is 0 Å². The molecule has 3 aromatic rings. The molecule has 8 heteroatoms. The van der Waals surface area contributed by atoms with Gasteiger partial charge in [-0.1, -0.05) is 23.2 Å². The number of hydrogen-bond donors (Lipinski definition) is 2. The lowest BCUT2D eigenvalue weighted by atomic mass is 10.2. The maximum atomic E-state index is 12.2. The van der Waals surface area contributed by atoms with Crippen LogP contribution in [0.15, 0.2) is 46.9 Å². The van der Waals surface area contributed by atoms with Gasteiger partial charge in [0.1, 0.15) is 0 Å². The van der Waals surface area contributed by atoms with Crippen molar-refractivity contribution in [1.29, 1.82) is 0 Å². The van der Waals surface area contributed by atoms with Crippen LogP contribution in [0.1, 0.15) is 10.4 Å². The van der Waals surface area contributed by atoms with Gasteiger partial charge in [0, 0.05) is 16.3 Å². The highest BCUT2D eigenvalue weighted by Crippen LogP contribution is 2.23. The number of hydrogen-bond acceptors (Lipinski definition) is 4. The van der Waals surface area contributed by atoms with Gasteiger partial charge >= 0.3 is 0 Å². The summed E-state index contributed by atoms with van der Waals surface area (Å²) in [7, 11) is 0. The second-order valence-electron chi connectivity index (χ2n) is 4.57. The monoisotopic (exact) mass is 365 g/mol. The molecule has 0 unspecified atom stereocenters. The highest BCUT2D eigenvalue weighted by molar-refractivity contribution is 7.71. The molecule has 2 aromatic carbocycles. The molecule has 2 N–H and O–H groups in total. The SMILES string of the molecule is O=C(Nc1ccc(-c2n[nH]c(=S)o2)cc1)c1ccc(Cl)cc1Cl. The maximum absolute atomic E-state index is 12.2. The van der Waals surface area contributed by atoms with Gasteiger partial charge < -0.3 is 9.73 Å². The third-order valence-corrected chi connectivity index (χ3v) is 3.73. The maximum Gasteiger partial charge on any atom is 0.284 e. The minimum absolute atomic E-state index is 0.203. The van der Waals surface area contributed by atoms with Gasteiger partial charge in [-0.2, -0.15) is 0 Å². The molecule has 1 aromatic heterocycles. The number of anilines is 1. The Morgan fingerprint density at radius 1 is 1.17 bits per heavy atom. The van der Waals surface area contributed by atoms with Crippen molar-refractivity contribution in [2.45, 2.75) is 0 Å². The summed E-state index contributed by atoms with van der Waals surface area (Å²) in [5.41, 5.74) is 1.69. The van der Waals surface area contributed by atoms with Crippen molar-refractivity contribution < 1.29 is 9.21 Å². The van der Waals surface area contributed by atoms with Crippen LogP contribution in [0.25, 0.3) is 11.5 Å². The molecule has 0 radical (unpaired) electrons. The Morgan fingerprint density at radius 3 is 2.52 bits per heavy atom. The topological polar surface area (TPSA) is 70.9 Å². The summed E-state index contributed by atoms with van der Waals surface area (Å²) in [4.78, 5) is 12.4. The summed E-state index contributed by atoms with van der Waals surface area (Å²) in [6.07, 6.45) is 0. The first-order valence-corrected chi connectivity index (χ1v) is 7.62. The Labute approximate surface area is 146 Å². The zero-order valence-electron chi connectivity index (χ0n) is 11.5. The predicted molar refractivity (Wildman–Crippen MR) is 91.5 cm³/mol. The number of rotatable bonds is 3. The minimum Gasteiger partial charge on any atom is -0.409 e. The summed E-state index contributed by atoms with van der Waals surface area (Å²) in [6, 6.07) is 11.7. The molecule has 0 spiro atoms. The van der Waals surface area contributed by atoms with Crippen molar-refractivity contribution in [3.63, 3.8) is 0 Å². The largest absolute Gasteiger partial charge is 0.409 e. The lowest BCUT2D eigenvalue weighted by molar-refractivity contribution is 0.102. The molecular weight excluding hydrogens is 357 g/mol. The minimum atomic E-state index is -0.322. The number of halogens is 2. The predicted octanol–water partition coefficient (Wildman–Crippen LogP) is 4.96. The van der Waals surface area contributed by atoms with E-state index in [0.29, 0.717) is 27.2 Å². The molecule has 116 valence electrons. The zero-order chi connectivity index (χ0) is 16.4. The molecule has 0 fully saturated rings. The lowest BCUT2D eigenvalue weighted by Crippen LogP contribution is -2.12. The van der Waals surface area contributed by atoms with Gasteiger partial charge in [0.15, 0.2) is 0 Å². The fourth-order valence-electron chi connectivity index (χ4n) is 1.92. The number of H-pyrrole nitrogens is 1. The summed E-state index contributed by atoms with van der Waals surface area (Å²) < 4.78 is 5.22. The second-order valence-corrected chi connectivity index (χ2v) is 5.79. The first-order valence-electron chi connectivity index (χ1n) is 6.45. The van der Waals surface area contributed by atoms with Crippen LogP contribution in [0.2, 0.25) is 10.0 Å². The number of amides is 1. The number of aromatic nitrogens is 2. The van der Waals surface area contributed by atoms with Crippen LogP contribution in [0.3, 0.4) is 0 Å². The molecule has 1 heterocycles. The number of aromatic amines is 1. The fraction of sp³-hybridized carbons (Fsp3) is 0. The Bertz CT molecular complexity index is 919. The lowest BCUT2D eigenvalue weighted by Gasteiger charge is -2.07. The molecule has 0 saturated carbocycles. The van der Waals surface area contributed by atoms with Crippen molar-refractivity contribution in [3.05, 3.63) is 62.9 Å². The van der Waals surface area contributed by atoms with Gasteiger partial charge in [-0.3, -0.25) is 4.79 Å². The van der Waals surface area contributed by atoms with E-state index in [-0.39, 0.29) is 10.7 Å². The first-order chi connectivity index (χ1) is 11.0. The van der Waals surface area contributed by atoms with Crippen LogP contribution in [-0.4, -0.2) is 16.1 Å². The van der Waals surface area contributed by atoms with Crippen LogP contribution in [0.5, 0.6) is 0 Å². The standard InChI is InChI=1S/C15H9Cl2N3O2S/c16-9-3-6-11(12(17)7-9)13(21)18-10-4-1-8(2-5-10)14-19-20-15(23)22-14/h1-7H,(H,18,21)(H,20,23). The molecule has 0 bridgehead atoms. The number of carbonyl (C=O) groups excluding carboxylic acids is 1. The molecular formula is C15H9Cl2N3O2S. The van der Waals surface area contributed by atoms with Gasteiger partial charge in [-0.15, -0.1) is 5.10 Å². The average molecular weight is 366 g/mol. The highest BCUT2D eigenvalue weighted by atomic mass is 35.5. The third kappa shape index (κ3) is 3.61. The second kappa shape index (κ2) is 6.54. The van der Waals surface area contributed by atoms with E-state index in [4.69, 9.17) is 39.8 Å². The van der Waals surface area contributed by atoms with Crippen LogP contribution < -0.4 is 5.32 Å². The van der Waals surface area contributed by atoms with Crippen molar-refractivity contribution in [2.24, 2.45) is 0 Å². The summed E-state index contributed by atoms with van der Waals surface area (Å²) >= 11 is 16.7. The molecule has 0 aliphatic heterocycles. The Balaban J connectivity index is 1.78. The fourth-order valence-corrected chi connectivity index (χ4v) is 2.54. The van der Waals surface area contributed by atoms with Crippen molar-refractivity contribution in [2.75, 3.05) is 5.32 Å². The normalized spacial score (nSPS) is 10.5. The number of carbonyl (C=O) groups is 1. The summed E-state index contributed by atoms with van der Waals surface area (Å²) in [6.45, 7) is 0. The van der Waals surface area contributed by atoms with Crippen molar-refractivity contribution >= 4 is 47.0 Å². The van der Waals surface area contributed by atoms with Gasteiger partial charge in [0.25, 0.3) is 10.7 Å². The molecule has 0 aliphatic rings. The van der Waals surface area contributed by atoms with Crippen molar-refractivity contribution in [3.8, 4) is 11.5 Å². The van der Waals surface area contributed by atoms with E-state index in [1.165, 1.54) is 6.07 Å². The van der Waals surface area contributed by atoms with E-state index >= 15 is 0 Å². The number of nitrogens with zero attached hydrogens (tertiary/aromatic N) is 1. The van der Waals surface area contributed by atoms with Gasteiger partial charge in [0.2, 0.25) is 5.89 Å². The molecule has 3 rings (SSSR count). The Kier molecular flexibility index (Phi) is 4.47. The summed E-state index contributed by atoms with van der Waals surface area (Å²) in [5, 5.41) is 10.0. The molecule has 23 heavy (non-hydrogen) atoms. The average Bonchev–Trinajstić information content (AvgIpc) is 2.94. The molecule has 5 nitrogen and oxygen atoms in total. The van der Waals surface area contributed by atoms with E-state index in [9.17, 15) is 4.79 Å². The first kappa shape index (κ1) is 15.7. The van der Waals surface area contributed by atoms with E-state index in [1.807, 2.05) is 0 Å². The van der Waals surface area contributed by atoms with Gasteiger partial charge in [-0.05, 0) is 54.7 Å². The number of nitrogens with one attached hydrogen (secondary N) is 2. The number of benzene rings is 2. The Hall–Kier alpha value is -2.15. The van der Waals surface area contributed by atoms with Crippen LogP contribution in [0.4, 0.5) is 5.69 Å². The highest BCUT2D eigenvalue weighted by Gasteiger charge is 2.11. The van der Waals surface area contributed by atoms with Crippen LogP contribution in [0, 0.1) is 4.84 Å². The van der Waals surface area contributed by atoms with Gasteiger partial charge in [-0.25, -0.2) is 5.10 Å². The molecule has 0 atom stereocenters. The van der Waals surface area contributed by atoms with E-state index in [1.54, 1.807) is 36.4 Å². The molecule has 1 amide bonds. The molecule has 0 saturated heterocycles. The third-order valence-electron chi connectivity index (χ3n) is 3.00. The smallest absolute Gasteiger partial charge is 0.284 e. The summed E-state index contributed by atoms with van der Waals surface area (Å²) in [5.74, 6) is 0.0605. The van der Waals surface area contributed by atoms with Crippen LogP contribution in [-0.2, 0) is 0 Å².